The van der Waals surface area contributed by atoms with Crippen LogP contribution in [0, 0.1) is 5.92 Å². The summed E-state index contributed by atoms with van der Waals surface area (Å²) in [5, 5.41) is 8.99. The van der Waals surface area contributed by atoms with Crippen LogP contribution >= 0.6 is 0 Å². The third-order valence-corrected chi connectivity index (χ3v) is 2.82. The van der Waals surface area contributed by atoms with Crippen LogP contribution in [0.5, 0.6) is 17.2 Å². The highest BCUT2D eigenvalue weighted by molar-refractivity contribution is 5.70. The van der Waals surface area contributed by atoms with Crippen LogP contribution in [0.15, 0.2) is 12.1 Å². The molecule has 1 N–H and O–H groups in total. The number of hydrogen-bond donors (Lipinski definition) is 1. The lowest BCUT2D eigenvalue weighted by Gasteiger charge is -2.17. The van der Waals surface area contributed by atoms with Crippen LogP contribution in [0.2, 0.25) is 0 Å². The molecule has 0 radical (unpaired) electrons. The first-order valence-corrected chi connectivity index (χ1v) is 6.14. The van der Waals surface area contributed by atoms with Crippen molar-refractivity contribution in [3.63, 3.8) is 0 Å². The van der Waals surface area contributed by atoms with Crippen molar-refractivity contribution < 1.29 is 24.1 Å². The second-order valence-electron chi connectivity index (χ2n) is 4.17. The van der Waals surface area contributed by atoms with Gasteiger partial charge in [0.1, 0.15) is 0 Å². The number of carbonyl (C=O) groups is 1. The van der Waals surface area contributed by atoms with E-state index in [1.54, 1.807) is 20.1 Å². The van der Waals surface area contributed by atoms with E-state index in [4.69, 9.17) is 19.3 Å². The van der Waals surface area contributed by atoms with Gasteiger partial charge in [0.05, 0.1) is 26.7 Å². The second kappa shape index (κ2) is 6.87. The fourth-order valence-corrected chi connectivity index (χ4v) is 1.82. The van der Waals surface area contributed by atoms with E-state index in [1.807, 2.05) is 13.0 Å². The first-order chi connectivity index (χ1) is 9.04. The minimum Gasteiger partial charge on any atom is -0.493 e. The lowest BCUT2D eigenvalue weighted by molar-refractivity contribution is -0.141. The van der Waals surface area contributed by atoms with Crippen LogP contribution in [0.4, 0.5) is 0 Å². The van der Waals surface area contributed by atoms with Crippen molar-refractivity contribution in [2.45, 2.75) is 20.3 Å². The van der Waals surface area contributed by atoms with Gasteiger partial charge in [-0.25, -0.2) is 0 Å². The first kappa shape index (κ1) is 15.1. The van der Waals surface area contributed by atoms with Crippen molar-refractivity contribution >= 4 is 5.97 Å². The summed E-state index contributed by atoms with van der Waals surface area (Å²) in [4.78, 5) is 11.0. The molecule has 0 amide bonds. The Balaban J connectivity index is 3.19. The third-order valence-electron chi connectivity index (χ3n) is 2.82. The molecule has 1 rings (SSSR count). The van der Waals surface area contributed by atoms with Gasteiger partial charge in [-0.3, -0.25) is 4.79 Å². The van der Waals surface area contributed by atoms with E-state index in [0.29, 0.717) is 30.3 Å². The Morgan fingerprint density at radius 1 is 1.26 bits per heavy atom. The number of hydrogen-bond acceptors (Lipinski definition) is 4. The zero-order chi connectivity index (χ0) is 14.4. The van der Waals surface area contributed by atoms with Crippen molar-refractivity contribution in [2.24, 2.45) is 5.92 Å². The highest BCUT2D eigenvalue weighted by Gasteiger charge is 2.20. The van der Waals surface area contributed by atoms with Gasteiger partial charge in [0.15, 0.2) is 11.5 Å². The third kappa shape index (κ3) is 3.53. The smallest absolute Gasteiger partial charge is 0.306 e. The second-order valence-corrected chi connectivity index (χ2v) is 4.17. The van der Waals surface area contributed by atoms with Gasteiger partial charge in [-0.05, 0) is 25.0 Å². The summed E-state index contributed by atoms with van der Waals surface area (Å²) >= 11 is 0. The lowest BCUT2D eigenvalue weighted by Crippen LogP contribution is -2.13. The van der Waals surface area contributed by atoms with Crippen LogP contribution in [-0.2, 0) is 11.2 Å². The Morgan fingerprint density at radius 3 is 2.42 bits per heavy atom. The maximum atomic E-state index is 11.0. The molecule has 0 aromatic heterocycles. The fourth-order valence-electron chi connectivity index (χ4n) is 1.82. The topological polar surface area (TPSA) is 65.0 Å². The van der Waals surface area contributed by atoms with Crippen molar-refractivity contribution in [3.8, 4) is 17.2 Å². The van der Waals surface area contributed by atoms with E-state index in [0.717, 1.165) is 5.56 Å². The quantitative estimate of drug-likeness (QED) is 0.822. The van der Waals surface area contributed by atoms with Crippen molar-refractivity contribution in [2.75, 3.05) is 20.8 Å². The number of carboxylic acid groups (broad SMARTS) is 1. The SMILES string of the molecule is CCOc1c(CC(C)C(=O)O)ccc(OC)c1OC. The molecule has 0 fully saturated rings. The molecule has 5 heteroatoms. The zero-order valence-corrected chi connectivity index (χ0v) is 11.7. The van der Waals surface area contributed by atoms with E-state index < -0.39 is 11.9 Å². The van der Waals surface area contributed by atoms with Gasteiger partial charge in [0.25, 0.3) is 0 Å². The maximum absolute atomic E-state index is 11.0. The summed E-state index contributed by atoms with van der Waals surface area (Å²) in [6, 6.07) is 3.57. The number of rotatable bonds is 7. The van der Waals surface area contributed by atoms with Crippen LogP contribution in [0.3, 0.4) is 0 Å². The number of benzene rings is 1. The zero-order valence-electron chi connectivity index (χ0n) is 11.7. The van der Waals surface area contributed by atoms with E-state index >= 15 is 0 Å². The highest BCUT2D eigenvalue weighted by Crippen LogP contribution is 2.40. The van der Waals surface area contributed by atoms with Gasteiger partial charge in [0.2, 0.25) is 5.75 Å². The Hall–Kier alpha value is -1.91. The first-order valence-electron chi connectivity index (χ1n) is 6.14. The molecule has 0 spiro atoms. The normalized spacial score (nSPS) is 11.8. The van der Waals surface area contributed by atoms with Gasteiger partial charge in [-0.15, -0.1) is 0 Å². The Labute approximate surface area is 113 Å². The standard InChI is InChI=1S/C14H20O5/c1-5-19-12-10(8-9(2)14(15)16)6-7-11(17-3)13(12)18-4/h6-7,9H,5,8H2,1-4H3,(H,15,16). The van der Waals surface area contributed by atoms with Crippen LogP contribution in [0.25, 0.3) is 0 Å². The van der Waals surface area contributed by atoms with Gasteiger partial charge in [0, 0.05) is 0 Å². The van der Waals surface area contributed by atoms with Gasteiger partial charge in [-0.1, -0.05) is 13.0 Å². The van der Waals surface area contributed by atoms with Crippen LogP contribution in [0.1, 0.15) is 19.4 Å². The van der Waals surface area contributed by atoms with E-state index in [1.165, 1.54) is 7.11 Å². The molecule has 1 aromatic rings. The predicted octanol–water partition coefficient (Wildman–Crippen LogP) is 2.37. The summed E-state index contributed by atoms with van der Waals surface area (Å²) in [6.07, 6.45) is 0.380. The molecule has 0 aliphatic carbocycles. The predicted molar refractivity (Wildman–Crippen MR) is 71.2 cm³/mol. The molecule has 19 heavy (non-hydrogen) atoms. The molecule has 1 atom stereocenters. The summed E-state index contributed by atoms with van der Waals surface area (Å²) in [7, 11) is 3.08. The van der Waals surface area contributed by atoms with Crippen molar-refractivity contribution in [1.82, 2.24) is 0 Å². The number of methoxy groups -OCH3 is 2. The average molecular weight is 268 g/mol. The molecule has 0 saturated carbocycles. The molecule has 0 aliphatic heterocycles. The van der Waals surface area contributed by atoms with Gasteiger partial charge >= 0.3 is 5.97 Å². The van der Waals surface area contributed by atoms with Crippen LogP contribution < -0.4 is 14.2 Å². The number of ether oxygens (including phenoxy) is 3. The van der Waals surface area contributed by atoms with Gasteiger partial charge < -0.3 is 19.3 Å². The summed E-state index contributed by atoms with van der Waals surface area (Å²) < 4.78 is 16.1. The van der Waals surface area contributed by atoms with E-state index in [9.17, 15) is 4.79 Å². The molecule has 0 heterocycles. The van der Waals surface area contributed by atoms with Gasteiger partial charge in [-0.2, -0.15) is 0 Å². The molecule has 106 valence electrons. The fraction of sp³-hybridized carbons (Fsp3) is 0.500. The minimum absolute atomic E-state index is 0.380. The number of aliphatic carboxylic acids is 1. The molecule has 1 unspecified atom stereocenters. The Bertz CT molecular complexity index is 442. The molecule has 0 saturated heterocycles. The maximum Gasteiger partial charge on any atom is 0.306 e. The number of carboxylic acids is 1. The Kier molecular flexibility index (Phi) is 5.48. The van der Waals surface area contributed by atoms with Crippen LogP contribution in [-0.4, -0.2) is 31.9 Å². The summed E-state index contributed by atoms with van der Waals surface area (Å²) in [6.45, 7) is 4.00. The molecular weight excluding hydrogens is 248 g/mol. The highest BCUT2D eigenvalue weighted by atomic mass is 16.5. The van der Waals surface area contributed by atoms with Crippen molar-refractivity contribution in [3.05, 3.63) is 17.7 Å². The molecule has 0 bridgehead atoms. The van der Waals surface area contributed by atoms with E-state index in [2.05, 4.69) is 0 Å². The lowest BCUT2D eigenvalue weighted by atomic mass is 10.00. The summed E-state index contributed by atoms with van der Waals surface area (Å²) in [5.41, 5.74) is 0.800. The minimum atomic E-state index is -0.836. The Morgan fingerprint density at radius 2 is 1.95 bits per heavy atom. The molecule has 5 nitrogen and oxygen atoms in total. The summed E-state index contributed by atoms with van der Waals surface area (Å²) in [5.74, 6) is 0.295. The molecular formula is C14H20O5. The monoisotopic (exact) mass is 268 g/mol. The molecule has 0 aliphatic rings. The van der Waals surface area contributed by atoms with Crippen molar-refractivity contribution in [1.29, 1.82) is 0 Å². The average Bonchev–Trinajstić information content (AvgIpc) is 2.40. The molecule has 1 aromatic carbocycles. The largest absolute Gasteiger partial charge is 0.493 e. The van der Waals surface area contributed by atoms with E-state index in [-0.39, 0.29) is 0 Å².